The first-order chi connectivity index (χ1) is 10.7. The highest BCUT2D eigenvalue weighted by molar-refractivity contribution is 7.16. The van der Waals surface area contributed by atoms with E-state index >= 15 is 0 Å². The molecule has 0 atom stereocenters. The number of carbonyl (C=O) groups is 1. The zero-order valence-corrected chi connectivity index (χ0v) is 13.2. The third-order valence-electron chi connectivity index (χ3n) is 3.04. The maximum atomic E-state index is 12.2. The maximum absolute atomic E-state index is 12.2. The topological polar surface area (TPSA) is 64.0 Å². The quantitative estimate of drug-likeness (QED) is 0.730. The molecule has 0 radical (unpaired) electrons. The lowest BCUT2D eigenvalue weighted by Gasteiger charge is -2.05. The summed E-state index contributed by atoms with van der Waals surface area (Å²) >= 11 is 3.01. The normalized spacial score (nSPS) is 11.3. The van der Waals surface area contributed by atoms with Gasteiger partial charge in [0.1, 0.15) is 4.83 Å². The average molecular weight is 331 g/mol. The van der Waals surface area contributed by atoms with Crippen molar-refractivity contribution in [2.24, 2.45) is 0 Å². The van der Waals surface area contributed by atoms with Gasteiger partial charge in [-0.1, -0.05) is 6.07 Å². The second-order valence-corrected chi connectivity index (χ2v) is 6.40. The van der Waals surface area contributed by atoms with E-state index in [1.165, 1.54) is 28.3 Å². The molecular weight excluding hydrogens is 318 g/mol. The number of rotatable bonds is 5. The molecule has 0 spiro atoms. The summed E-state index contributed by atoms with van der Waals surface area (Å²) < 4.78 is 1.51. The van der Waals surface area contributed by atoms with Crippen LogP contribution in [0.25, 0.3) is 16.3 Å². The average Bonchev–Trinajstić information content (AvgIpc) is 3.18. The molecule has 3 rings (SSSR count). The van der Waals surface area contributed by atoms with Crippen LogP contribution >= 0.6 is 22.7 Å². The van der Waals surface area contributed by atoms with E-state index in [0.717, 1.165) is 9.71 Å². The summed E-state index contributed by atoms with van der Waals surface area (Å²) in [5.41, 5.74) is -0.0744. The van der Waals surface area contributed by atoms with Crippen molar-refractivity contribution in [3.05, 3.63) is 56.6 Å². The smallest absolute Gasteiger partial charge is 0.262 e. The Bertz CT molecular complexity index is 862. The van der Waals surface area contributed by atoms with Gasteiger partial charge in [0.2, 0.25) is 5.91 Å². The van der Waals surface area contributed by atoms with Crippen molar-refractivity contribution in [3.8, 4) is 0 Å². The van der Waals surface area contributed by atoms with E-state index in [2.05, 4.69) is 10.3 Å². The van der Waals surface area contributed by atoms with Crippen molar-refractivity contribution in [1.82, 2.24) is 14.9 Å². The van der Waals surface area contributed by atoms with E-state index in [9.17, 15) is 9.59 Å². The SMILES string of the molecule is O=C(C=Cc1cccs1)NCCn1cnc2sccc2c1=O. The molecular formula is C15H13N3O2S2. The number of aromatic nitrogens is 2. The van der Waals surface area contributed by atoms with E-state index in [0.29, 0.717) is 18.5 Å². The van der Waals surface area contributed by atoms with Gasteiger partial charge in [-0.3, -0.25) is 14.2 Å². The molecule has 1 N–H and O–H groups in total. The van der Waals surface area contributed by atoms with Crippen molar-refractivity contribution in [2.45, 2.75) is 6.54 Å². The molecule has 0 aliphatic heterocycles. The lowest BCUT2D eigenvalue weighted by molar-refractivity contribution is -0.116. The number of hydrogen-bond acceptors (Lipinski definition) is 5. The van der Waals surface area contributed by atoms with E-state index < -0.39 is 0 Å². The number of nitrogens with one attached hydrogen (secondary N) is 1. The Morgan fingerprint density at radius 2 is 2.23 bits per heavy atom. The number of carbonyl (C=O) groups excluding carboxylic acids is 1. The summed E-state index contributed by atoms with van der Waals surface area (Å²) in [5.74, 6) is -0.175. The maximum Gasteiger partial charge on any atom is 0.262 e. The highest BCUT2D eigenvalue weighted by Crippen LogP contribution is 2.13. The first-order valence-corrected chi connectivity index (χ1v) is 8.42. The highest BCUT2D eigenvalue weighted by atomic mass is 32.1. The van der Waals surface area contributed by atoms with Crippen LogP contribution in [0.1, 0.15) is 4.88 Å². The number of fused-ring (bicyclic) bond motifs is 1. The monoisotopic (exact) mass is 331 g/mol. The second-order valence-electron chi connectivity index (χ2n) is 4.52. The molecule has 0 aliphatic carbocycles. The molecule has 5 nitrogen and oxygen atoms in total. The molecule has 0 aliphatic rings. The van der Waals surface area contributed by atoms with Gasteiger partial charge in [0.05, 0.1) is 11.7 Å². The molecule has 0 aromatic carbocycles. The summed E-state index contributed by atoms with van der Waals surface area (Å²) in [7, 11) is 0. The Hall–Kier alpha value is -2.25. The van der Waals surface area contributed by atoms with Crippen LogP contribution in [-0.2, 0) is 11.3 Å². The fourth-order valence-corrected chi connectivity index (χ4v) is 3.30. The van der Waals surface area contributed by atoms with Gasteiger partial charge in [-0.25, -0.2) is 4.98 Å². The molecule has 0 saturated heterocycles. The first kappa shape index (κ1) is 14.7. The van der Waals surface area contributed by atoms with Crippen LogP contribution in [0.4, 0.5) is 0 Å². The lowest BCUT2D eigenvalue weighted by atomic mass is 10.4. The van der Waals surface area contributed by atoms with E-state index in [4.69, 9.17) is 0 Å². The van der Waals surface area contributed by atoms with Crippen molar-refractivity contribution in [2.75, 3.05) is 6.54 Å². The fourth-order valence-electron chi connectivity index (χ4n) is 1.95. The minimum absolute atomic E-state index is 0.0744. The number of nitrogens with zero attached hydrogens (tertiary/aromatic N) is 2. The van der Waals surface area contributed by atoms with Crippen LogP contribution < -0.4 is 10.9 Å². The molecule has 0 saturated carbocycles. The molecule has 3 aromatic rings. The summed E-state index contributed by atoms with van der Waals surface area (Å²) in [5, 5.41) is 7.18. The summed E-state index contributed by atoms with van der Waals surface area (Å²) in [6, 6.07) is 5.65. The predicted octanol–water partition coefficient (Wildman–Crippen LogP) is 2.35. The van der Waals surface area contributed by atoms with Crippen LogP contribution in [0.2, 0.25) is 0 Å². The van der Waals surface area contributed by atoms with Gasteiger partial charge in [-0.05, 0) is 29.0 Å². The Kier molecular flexibility index (Phi) is 4.45. The molecule has 0 bridgehead atoms. The van der Waals surface area contributed by atoms with Gasteiger partial charge < -0.3 is 5.32 Å². The lowest BCUT2D eigenvalue weighted by Crippen LogP contribution is -2.29. The van der Waals surface area contributed by atoms with Crippen molar-refractivity contribution >= 4 is 44.9 Å². The Morgan fingerprint density at radius 3 is 3.05 bits per heavy atom. The van der Waals surface area contributed by atoms with Crippen LogP contribution in [-0.4, -0.2) is 22.0 Å². The fraction of sp³-hybridized carbons (Fsp3) is 0.133. The molecule has 1 amide bonds. The van der Waals surface area contributed by atoms with Gasteiger partial charge in [0, 0.05) is 24.0 Å². The van der Waals surface area contributed by atoms with E-state index in [1.807, 2.05) is 22.9 Å². The van der Waals surface area contributed by atoms with E-state index in [-0.39, 0.29) is 11.5 Å². The van der Waals surface area contributed by atoms with Gasteiger partial charge >= 0.3 is 0 Å². The van der Waals surface area contributed by atoms with Crippen LogP contribution in [0.3, 0.4) is 0 Å². The van der Waals surface area contributed by atoms with Crippen LogP contribution in [0.5, 0.6) is 0 Å². The number of hydrogen-bond donors (Lipinski definition) is 1. The molecule has 22 heavy (non-hydrogen) atoms. The number of thiophene rings is 2. The minimum Gasteiger partial charge on any atom is -0.351 e. The molecule has 3 heterocycles. The second kappa shape index (κ2) is 6.67. The van der Waals surface area contributed by atoms with E-state index in [1.54, 1.807) is 23.5 Å². The third-order valence-corrected chi connectivity index (χ3v) is 4.70. The summed E-state index contributed by atoms with van der Waals surface area (Å²) in [6.07, 6.45) is 4.79. The molecule has 7 heteroatoms. The molecule has 0 unspecified atom stereocenters. The van der Waals surface area contributed by atoms with Gasteiger partial charge in [-0.2, -0.15) is 0 Å². The van der Waals surface area contributed by atoms with Crippen molar-refractivity contribution in [3.63, 3.8) is 0 Å². The van der Waals surface area contributed by atoms with Crippen LogP contribution in [0.15, 0.2) is 46.2 Å². The van der Waals surface area contributed by atoms with Gasteiger partial charge in [0.25, 0.3) is 5.56 Å². The summed E-state index contributed by atoms with van der Waals surface area (Å²) in [4.78, 5) is 29.8. The first-order valence-electron chi connectivity index (χ1n) is 6.66. The Morgan fingerprint density at radius 1 is 1.32 bits per heavy atom. The molecule has 3 aromatic heterocycles. The third kappa shape index (κ3) is 3.32. The Labute approximate surface area is 134 Å². The molecule has 112 valence electrons. The van der Waals surface area contributed by atoms with Crippen molar-refractivity contribution in [1.29, 1.82) is 0 Å². The molecule has 0 fully saturated rings. The zero-order valence-electron chi connectivity index (χ0n) is 11.6. The minimum atomic E-state index is -0.175. The predicted molar refractivity (Wildman–Crippen MR) is 90.2 cm³/mol. The van der Waals surface area contributed by atoms with Crippen LogP contribution in [0, 0.1) is 0 Å². The summed E-state index contributed by atoms with van der Waals surface area (Å²) in [6.45, 7) is 0.779. The van der Waals surface area contributed by atoms with Gasteiger partial charge in [0.15, 0.2) is 0 Å². The Balaban J connectivity index is 1.57. The van der Waals surface area contributed by atoms with Gasteiger partial charge in [-0.15, -0.1) is 22.7 Å². The largest absolute Gasteiger partial charge is 0.351 e. The highest BCUT2D eigenvalue weighted by Gasteiger charge is 2.04. The zero-order chi connectivity index (χ0) is 15.4. The van der Waals surface area contributed by atoms with Crippen molar-refractivity contribution < 1.29 is 4.79 Å². The number of amides is 1. The standard InChI is InChI=1S/C15H13N3O2S2/c19-13(4-3-11-2-1-8-21-11)16-6-7-18-10-17-14-12(15(18)20)5-9-22-14/h1-5,8-10H,6-7H2,(H,16,19).